The Kier molecular flexibility index (Phi) is 3.39. The van der Waals surface area contributed by atoms with Crippen molar-refractivity contribution in [3.05, 3.63) is 53.3 Å². The molecule has 3 aromatic rings. The van der Waals surface area contributed by atoms with Crippen LogP contribution in [0.2, 0.25) is 5.02 Å². The summed E-state index contributed by atoms with van der Waals surface area (Å²) in [5, 5.41) is 5.25. The van der Waals surface area contributed by atoms with Crippen molar-refractivity contribution in [1.29, 1.82) is 0 Å². The number of aromatic nitrogens is 3. The first-order chi connectivity index (χ1) is 10.1. The van der Waals surface area contributed by atoms with Gasteiger partial charge in [0.2, 0.25) is 0 Å². The maximum Gasteiger partial charge on any atom is 0.129 e. The number of hydrogen-bond donors (Lipinski definition) is 1. The van der Waals surface area contributed by atoms with Crippen LogP contribution < -0.4 is 5.73 Å². The zero-order valence-corrected chi connectivity index (χ0v) is 12.6. The maximum atomic E-state index is 6.23. The summed E-state index contributed by atoms with van der Waals surface area (Å²) in [5.41, 5.74) is 10.8. The summed E-state index contributed by atoms with van der Waals surface area (Å²) in [7, 11) is 1.83. The molecule has 0 saturated carbocycles. The Balaban J connectivity index is 2.24. The van der Waals surface area contributed by atoms with Crippen molar-refractivity contribution in [2.75, 3.05) is 5.73 Å². The van der Waals surface area contributed by atoms with Crippen LogP contribution in [0.1, 0.15) is 5.56 Å². The molecule has 0 aliphatic heterocycles. The first-order valence-corrected chi connectivity index (χ1v) is 6.95. The van der Waals surface area contributed by atoms with Crippen molar-refractivity contribution in [2.45, 2.75) is 6.92 Å². The predicted molar refractivity (Wildman–Crippen MR) is 86.0 cm³/mol. The van der Waals surface area contributed by atoms with E-state index in [0.29, 0.717) is 10.8 Å². The number of nitrogen functional groups attached to an aromatic ring is 1. The second-order valence-corrected chi connectivity index (χ2v) is 5.35. The van der Waals surface area contributed by atoms with Crippen molar-refractivity contribution in [3.63, 3.8) is 0 Å². The van der Waals surface area contributed by atoms with Crippen LogP contribution in [0.25, 0.3) is 22.4 Å². The molecule has 21 heavy (non-hydrogen) atoms. The molecule has 2 aromatic heterocycles. The minimum absolute atomic E-state index is 0.606. The zero-order chi connectivity index (χ0) is 15.0. The summed E-state index contributed by atoms with van der Waals surface area (Å²) < 4.78 is 1.67. The Morgan fingerprint density at radius 3 is 2.67 bits per heavy atom. The van der Waals surface area contributed by atoms with Gasteiger partial charge in [-0.3, -0.25) is 9.67 Å². The SMILES string of the molecule is Cc1ccc(-c2nn(C)c(N)c2-c2cccnc2)cc1Cl. The minimum atomic E-state index is 0.606. The van der Waals surface area contributed by atoms with Crippen LogP contribution in [-0.2, 0) is 7.05 Å². The lowest BCUT2D eigenvalue weighted by molar-refractivity contribution is 0.782. The van der Waals surface area contributed by atoms with Gasteiger partial charge in [-0.1, -0.05) is 29.8 Å². The van der Waals surface area contributed by atoms with Gasteiger partial charge in [-0.25, -0.2) is 0 Å². The Bertz CT molecular complexity index is 794. The van der Waals surface area contributed by atoms with E-state index >= 15 is 0 Å². The van der Waals surface area contributed by atoms with Gasteiger partial charge in [0.15, 0.2) is 0 Å². The number of aryl methyl sites for hydroxylation is 2. The summed E-state index contributed by atoms with van der Waals surface area (Å²) in [5.74, 6) is 0.606. The van der Waals surface area contributed by atoms with Crippen LogP contribution in [0.4, 0.5) is 5.82 Å². The summed E-state index contributed by atoms with van der Waals surface area (Å²) >= 11 is 6.23. The third-order valence-electron chi connectivity index (χ3n) is 3.49. The summed E-state index contributed by atoms with van der Waals surface area (Å²) in [6.45, 7) is 1.97. The molecule has 5 heteroatoms. The lowest BCUT2D eigenvalue weighted by Gasteiger charge is -2.05. The highest BCUT2D eigenvalue weighted by Gasteiger charge is 2.17. The molecular weight excluding hydrogens is 284 g/mol. The fraction of sp³-hybridized carbons (Fsp3) is 0.125. The van der Waals surface area contributed by atoms with Crippen LogP contribution in [0, 0.1) is 6.92 Å². The van der Waals surface area contributed by atoms with Crippen LogP contribution in [-0.4, -0.2) is 14.8 Å². The molecule has 1 aromatic carbocycles. The average Bonchev–Trinajstić information content (AvgIpc) is 2.79. The molecule has 4 nitrogen and oxygen atoms in total. The number of nitrogens with two attached hydrogens (primary N) is 1. The van der Waals surface area contributed by atoms with E-state index in [4.69, 9.17) is 17.3 Å². The molecule has 0 atom stereocenters. The van der Waals surface area contributed by atoms with E-state index in [1.54, 1.807) is 17.1 Å². The molecule has 3 rings (SSSR count). The molecule has 0 fully saturated rings. The smallest absolute Gasteiger partial charge is 0.129 e. The zero-order valence-electron chi connectivity index (χ0n) is 11.8. The van der Waals surface area contributed by atoms with Gasteiger partial charge in [-0.2, -0.15) is 5.10 Å². The van der Waals surface area contributed by atoms with Crippen LogP contribution in [0.15, 0.2) is 42.7 Å². The van der Waals surface area contributed by atoms with Crippen molar-refractivity contribution >= 4 is 17.4 Å². The summed E-state index contributed by atoms with van der Waals surface area (Å²) in [6.07, 6.45) is 3.52. The molecule has 106 valence electrons. The van der Waals surface area contributed by atoms with Crippen LogP contribution in [0.5, 0.6) is 0 Å². The monoisotopic (exact) mass is 298 g/mol. The van der Waals surface area contributed by atoms with E-state index in [2.05, 4.69) is 10.1 Å². The molecule has 0 bridgehead atoms. The minimum Gasteiger partial charge on any atom is -0.383 e. The van der Waals surface area contributed by atoms with Gasteiger partial charge >= 0.3 is 0 Å². The number of nitrogens with zero attached hydrogens (tertiary/aromatic N) is 3. The van der Waals surface area contributed by atoms with Gasteiger partial charge in [-0.15, -0.1) is 0 Å². The molecule has 2 heterocycles. The number of pyridine rings is 1. The van der Waals surface area contributed by atoms with Crippen LogP contribution in [0.3, 0.4) is 0 Å². The van der Waals surface area contributed by atoms with Gasteiger partial charge in [0.05, 0.1) is 5.56 Å². The van der Waals surface area contributed by atoms with E-state index in [1.165, 1.54) is 0 Å². The number of hydrogen-bond acceptors (Lipinski definition) is 3. The first-order valence-electron chi connectivity index (χ1n) is 6.57. The largest absolute Gasteiger partial charge is 0.383 e. The van der Waals surface area contributed by atoms with E-state index in [9.17, 15) is 0 Å². The fourth-order valence-electron chi connectivity index (χ4n) is 2.27. The molecule has 0 aliphatic carbocycles. The predicted octanol–water partition coefficient (Wildman–Crippen LogP) is 3.69. The molecule has 0 aliphatic rings. The normalized spacial score (nSPS) is 10.8. The van der Waals surface area contributed by atoms with Gasteiger partial charge < -0.3 is 5.73 Å². The van der Waals surface area contributed by atoms with E-state index in [0.717, 1.165) is 27.9 Å². The molecule has 0 radical (unpaired) electrons. The molecule has 2 N–H and O–H groups in total. The van der Waals surface area contributed by atoms with Crippen LogP contribution >= 0.6 is 11.6 Å². The second kappa shape index (κ2) is 5.22. The number of halogens is 1. The third-order valence-corrected chi connectivity index (χ3v) is 3.89. The topological polar surface area (TPSA) is 56.7 Å². The quantitative estimate of drug-likeness (QED) is 0.785. The van der Waals surface area contributed by atoms with Gasteiger partial charge in [0.25, 0.3) is 0 Å². The van der Waals surface area contributed by atoms with Crippen molar-refractivity contribution in [2.24, 2.45) is 7.05 Å². The van der Waals surface area contributed by atoms with E-state index in [1.807, 2.05) is 44.3 Å². The Morgan fingerprint density at radius 2 is 2.00 bits per heavy atom. The highest BCUT2D eigenvalue weighted by atomic mass is 35.5. The van der Waals surface area contributed by atoms with Crippen molar-refractivity contribution in [1.82, 2.24) is 14.8 Å². The molecular formula is C16H15ClN4. The Hall–Kier alpha value is -2.33. The number of anilines is 1. The summed E-state index contributed by atoms with van der Waals surface area (Å²) in [4.78, 5) is 4.16. The lowest BCUT2D eigenvalue weighted by Crippen LogP contribution is -1.98. The van der Waals surface area contributed by atoms with Crippen molar-refractivity contribution < 1.29 is 0 Å². The molecule has 0 amide bonds. The van der Waals surface area contributed by atoms with Gasteiger partial charge in [0, 0.05) is 35.6 Å². The maximum absolute atomic E-state index is 6.23. The standard InChI is InChI=1S/C16H15ClN4/c1-10-5-6-11(8-13(10)17)15-14(16(18)21(2)20-15)12-4-3-7-19-9-12/h3-9H,18H2,1-2H3. The Labute approximate surface area is 128 Å². The van der Waals surface area contributed by atoms with E-state index in [-0.39, 0.29) is 0 Å². The number of rotatable bonds is 2. The Morgan fingerprint density at radius 1 is 1.19 bits per heavy atom. The van der Waals surface area contributed by atoms with Crippen molar-refractivity contribution in [3.8, 4) is 22.4 Å². The third kappa shape index (κ3) is 2.38. The van der Waals surface area contributed by atoms with E-state index < -0.39 is 0 Å². The van der Waals surface area contributed by atoms with Gasteiger partial charge in [0.1, 0.15) is 11.5 Å². The fourth-order valence-corrected chi connectivity index (χ4v) is 2.45. The molecule has 0 saturated heterocycles. The molecule has 0 unspecified atom stereocenters. The summed E-state index contributed by atoms with van der Waals surface area (Å²) in [6, 6.07) is 9.75. The highest BCUT2D eigenvalue weighted by Crippen LogP contribution is 2.36. The van der Waals surface area contributed by atoms with Gasteiger partial charge in [-0.05, 0) is 24.6 Å². The average molecular weight is 299 g/mol. The second-order valence-electron chi connectivity index (χ2n) is 4.94. The first kappa shape index (κ1) is 13.6. The highest BCUT2D eigenvalue weighted by molar-refractivity contribution is 6.31. The molecule has 0 spiro atoms. The lowest BCUT2D eigenvalue weighted by atomic mass is 10.0. The number of benzene rings is 1.